The molecule has 124 valence electrons. The summed E-state index contributed by atoms with van der Waals surface area (Å²) < 4.78 is 3.38. The van der Waals surface area contributed by atoms with E-state index in [-0.39, 0.29) is 0 Å². The Hall–Kier alpha value is -2.68. The van der Waals surface area contributed by atoms with Gasteiger partial charge in [0.05, 0.1) is 12.2 Å². The molecule has 24 heavy (non-hydrogen) atoms. The second-order valence-corrected chi connectivity index (χ2v) is 5.93. The molecule has 0 atom stereocenters. The summed E-state index contributed by atoms with van der Waals surface area (Å²) in [5.74, 6) is 0. The van der Waals surface area contributed by atoms with E-state index < -0.39 is 11.2 Å². The van der Waals surface area contributed by atoms with Crippen LogP contribution in [0, 0.1) is 6.92 Å². The van der Waals surface area contributed by atoms with Gasteiger partial charge >= 0.3 is 5.69 Å². The Morgan fingerprint density at radius 1 is 1.38 bits per heavy atom. The van der Waals surface area contributed by atoms with Crippen LogP contribution in [0.25, 0.3) is 11.2 Å². The highest BCUT2D eigenvalue weighted by atomic mass is 79.9. The second kappa shape index (κ2) is 6.44. The predicted molar refractivity (Wildman–Crippen MR) is 96.6 cm³/mol. The minimum Gasteiger partial charge on any atom is -0.307 e. The lowest BCUT2D eigenvalue weighted by Crippen LogP contribution is -2.29. The first kappa shape index (κ1) is 16.2. The third kappa shape index (κ3) is 2.90. The number of aromatic amines is 1. The molecule has 0 radical (unpaired) electrons. The van der Waals surface area contributed by atoms with Gasteiger partial charge in [-0.25, -0.2) is 9.78 Å². The van der Waals surface area contributed by atoms with Gasteiger partial charge in [-0.05, 0) is 34.5 Å². The maximum Gasteiger partial charge on any atom is 0.329 e. The number of fused-ring (bicyclic) bond motifs is 1. The molecule has 0 unspecified atom stereocenters. The smallest absolute Gasteiger partial charge is 0.307 e. The molecule has 0 amide bonds. The number of para-hydroxylation sites is 1. The van der Waals surface area contributed by atoms with E-state index in [1.807, 2.05) is 31.2 Å². The Bertz CT molecular complexity index is 1050. The first-order valence-corrected chi connectivity index (χ1v) is 7.96. The van der Waals surface area contributed by atoms with Crippen LogP contribution in [0.2, 0.25) is 0 Å². The zero-order valence-corrected chi connectivity index (χ0v) is 14.7. The van der Waals surface area contributed by atoms with E-state index in [1.54, 1.807) is 17.8 Å². The first-order valence-electron chi connectivity index (χ1n) is 7.17. The summed E-state index contributed by atoms with van der Waals surface area (Å²) in [6, 6.07) is 7.79. The summed E-state index contributed by atoms with van der Waals surface area (Å²) in [5, 5.41) is 4.17. The molecule has 0 aliphatic heterocycles. The number of hydrazone groups is 1. The van der Waals surface area contributed by atoms with E-state index in [4.69, 9.17) is 0 Å². The minimum atomic E-state index is -0.500. The number of benzene rings is 1. The topological polar surface area (TPSA) is 97.1 Å². The Kier molecular flexibility index (Phi) is 4.34. The molecule has 2 heterocycles. The monoisotopic (exact) mass is 390 g/mol. The van der Waals surface area contributed by atoms with Crippen LogP contribution in [-0.2, 0) is 13.6 Å². The molecule has 1 aromatic carbocycles. The van der Waals surface area contributed by atoms with Crippen molar-refractivity contribution in [2.75, 3.05) is 5.43 Å². The van der Waals surface area contributed by atoms with Crippen LogP contribution in [0.3, 0.4) is 0 Å². The minimum absolute atomic E-state index is 0.311. The average molecular weight is 391 g/mol. The highest BCUT2D eigenvalue weighted by Gasteiger charge is 2.14. The van der Waals surface area contributed by atoms with Crippen LogP contribution in [0.4, 0.5) is 5.69 Å². The lowest BCUT2D eigenvalue weighted by atomic mass is 10.2. The number of hydrogen-bond acceptors (Lipinski definition) is 5. The molecule has 8 nitrogen and oxygen atoms in total. The van der Waals surface area contributed by atoms with Crippen LogP contribution in [0.5, 0.6) is 0 Å². The second-order valence-electron chi connectivity index (χ2n) is 5.22. The average Bonchev–Trinajstić information content (AvgIpc) is 2.88. The molecule has 0 spiro atoms. The van der Waals surface area contributed by atoms with Crippen molar-refractivity contribution in [3.63, 3.8) is 0 Å². The lowest BCUT2D eigenvalue weighted by Gasteiger charge is -2.04. The number of H-pyrrole nitrogens is 1. The third-order valence-corrected chi connectivity index (χ3v) is 4.25. The number of aromatic nitrogens is 4. The van der Waals surface area contributed by atoms with E-state index >= 15 is 0 Å². The van der Waals surface area contributed by atoms with Gasteiger partial charge in [0, 0.05) is 13.3 Å². The van der Waals surface area contributed by atoms with Crippen molar-refractivity contribution >= 4 is 39.0 Å². The SMILES string of the molecule is Cc1ccccc1N/N=C\Cn1c(Br)nc2c1c(=O)[nH]c(=O)n2C. The van der Waals surface area contributed by atoms with Crippen LogP contribution in [0.1, 0.15) is 5.56 Å². The fourth-order valence-electron chi connectivity index (χ4n) is 2.31. The largest absolute Gasteiger partial charge is 0.329 e. The van der Waals surface area contributed by atoms with Gasteiger partial charge in [0.15, 0.2) is 15.9 Å². The Morgan fingerprint density at radius 3 is 2.88 bits per heavy atom. The molecule has 2 N–H and O–H groups in total. The standard InChI is InChI=1S/C15H15BrN6O2/c1-9-5-3-4-6-10(9)20-17-7-8-22-11-12(18-14(22)16)21(2)15(24)19-13(11)23/h3-7,20H,8H2,1-2H3,(H,19,23,24)/b17-7-. The fourth-order valence-corrected chi connectivity index (χ4v) is 2.80. The molecule has 3 aromatic rings. The molecule has 3 rings (SSSR count). The van der Waals surface area contributed by atoms with Crippen molar-refractivity contribution in [3.05, 3.63) is 55.4 Å². The molecule has 0 fully saturated rings. The zero-order chi connectivity index (χ0) is 17.3. The number of halogens is 1. The van der Waals surface area contributed by atoms with E-state index in [2.05, 4.69) is 36.4 Å². The van der Waals surface area contributed by atoms with Crippen molar-refractivity contribution < 1.29 is 0 Å². The summed E-state index contributed by atoms with van der Waals surface area (Å²) in [4.78, 5) is 30.2. The molecule has 9 heteroatoms. The fraction of sp³-hybridized carbons (Fsp3) is 0.200. The van der Waals surface area contributed by atoms with Gasteiger partial charge in [0.2, 0.25) is 0 Å². The number of rotatable bonds is 4. The van der Waals surface area contributed by atoms with Crippen molar-refractivity contribution in [2.24, 2.45) is 12.1 Å². The zero-order valence-electron chi connectivity index (χ0n) is 13.1. The maximum absolute atomic E-state index is 12.1. The van der Waals surface area contributed by atoms with E-state index in [9.17, 15) is 9.59 Å². The van der Waals surface area contributed by atoms with Gasteiger partial charge in [-0.2, -0.15) is 5.10 Å². The van der Waals surface area contributed by atoms with Crippen LogP contribution in [0.15, 0.2) is 43.7 Å². The molecular formula is C15H15BrN6O2. The molecule has 0 aliphatic carbocycles. The molecule has 0 aliphatic rings. The van der Waals surface area contributed by atoms with Crippen LogP contribution >= 0.6 is 15.9 Å². The van der Waals surface area contributed by atoms with E-state index in [1.165, 1.54) is 4.57 Å². The Balaban J connectivity index is 1.88. The molecule has 0 saturated carbocycles. The normalized spacial score (nSPS) is 11.5. The lowest BCUT2D eigenvalue weighted by molar-refractivity contribution is 0.824. The summed E-state index contributed by atoms with van der Waals surface area (Å²) in [5.41, 5.74) is 4.59. The van der Waals surface area contributed by atoms with Gasteiger partial charge in [-0.1, -0.05) is 18.2 Å². The Labute approximate surface area is 145 Å². The van der Waals surface area contributed by atoms with Gasteiger partial charge < -0.3 is 4.57 Å². The number of nitrogens with one attached hydrogen (secondary N) is 2. The summed E-state index contributed by atoms with van der Waals surface area (Å²) in [7, 11) is 1.55. The number of hydrogen-bond donors (Lipinski definition) is 2. The first-order chi connectivity index (χ1) is 11.5. The van der Waals surface area contributed by atoms with Crippen molar-refractivity contribution in [1.29, 1.82) is 0 Å². The molecule has 2 aromatic heterocycles. The van der Waals surface area contributed by atoms with Crippen molar-refractivity contribution in [3.8, 4) is 0 Å². The molecule has 0 bridgehead atoms. The number of aryl methyl sites for hydroxylation is 2. The predicted octanol–water partition coefficient (Wildman–Crippen LogP) is 1.59. The van der Waals surface area contributed by atoms with Crippen LogP contribution in [-0.4, -0.2) is 25.3 Å². The van der Waals surface area contributed by atoms with Crippen molar-refractivity contribution in [2.45, 2.75) is 13.5 Å². The Morgan fingerprint density at radius 2 is 2.12 bits per heavy atom. The van der Waals surface area contributed by atoms with Gasteiger partial charge in [0.1, 0.15) is 0 Å². The van der Waals surface area contributed by atoms with E-state index in [0.717, 1.165) is 11.3 Å². The molecular weight excluding hydrogens is 376 g/mol. The molecule has 0 saturated heterocycles. The van der Waals surface area contributed by atoms with Gasteiger partial charge in [-0.3, -0.25) is 19.8 Å². The summed E-state index contributed by atoms with van der Waals surface area (Å²) >= 11 is 3.31. The highest BCUT2D eigenvalue weighted by molar-refractivity contribution is 9.10. The van der Waals surface area contributed by atoms with Crippen LogP contribution < -0.4 is 16.7 Å². The summed E-state index contributed by atoms with van der Waals surface area (Å²) in [6.07, 6.45) is 1.63. The highest BCUT2D eigenvalue weighted by Crippen LogP contribution is 2.15. The quantitative estimate of drug-likeness (QED) is 0.401. The van der Waals surface area contributed by atoms with Gasteiger partial charge in [-0.15, -0.1) is 0 Å². The number of imidazole rings is 1. The van der Waals surface area contributed by atoms with E-state index in [0.29, 0.717) is 22.4 Å². The van der Waals surface area contributed by atoms with Crippen molar-refractivity contribution in [1.82, 2.24) is 19.1 Å². The number of anilines is 1. The van der Waals surface area contributed by atoms with Gasteiger partial charge in [0.25, 0.3) is 5.56 Å². The number of nitrogens with zero attached hydrogens (tertiary/aromatic N) is 4. The third-order valence-electron chi connectivity index (χ3n) is 3.65. The maximum atomic E-state index is 12.1. The summed E-state index contributed by atoms with van der Waals surface area (Å²) in [6.45, 7) is 2.30.